The summed E-state index contributed by atoms with van der Waals surface area (Å²) in [7, 11) is 0. The van der Waals surface area contributed by atoms with Crippen molar-refractivity contribution in [2.75, 3.05) is 4.90 Å². The first-order chi connectivity index (χ1) is 15.5. The molecule has 5 rings (SSSR count). The van der Waals surface area contributed by atoms with E-state index in [4.69, 9.17) is 9.47 Å². The zero-order valence-electron chi connectivity index (χ0n) is 17.7. The number of benzene rings is 3. The lowest BCUT2D eigenvalue weighted by Crippen LogP contribution is -2.42. The van der Waals surface area contributed by atoms with Gasteiger partial charge in [-0.2, -0.15) is 0 Å². The number of allylic oxidation sites excluding steroid dienone is 1. The summed E-state index contributed by atoms with van der Waals surface area (Å²) in [6, 6.07) is 28.3. The largest absolute Gasteiger partial charge is 0.428 e. The maximum atomic E-state index is 13.3. The van der Waals surface area contributed by atoms with Crippen LogP contribution in [0.15, 0.2) is 108 Å². The molecule has 0 bridgehead atoms. The highest BCUT2D eigenvalue weighted by atomic mass is 16.7. The van der Waals surface area contributed by atoms with E-state index in [0.717, 1.165) is 16.8 Å². The van der Waals surface area contributed by atoms with Crippen LogP contribution in [0.2, 0.25) is 0 Å². The Morgan fingerprint density at radius 3 is 1.91 bits per heavy atom. The lowest BCUT2D eigenvalue weighted by molar-refractivity contribution is -0.191. The van der Waals surface area contributed by atoms with E-state index < -0.39 is 17.5 Å². The number of ketones is 1. The van der Waals surface area contributed by atoms with Crippen LogP contribution in [-0.4, -0.2) is 11.8 Å². The summed E-state index contributed by atoms with van der Waals surface area (Å²) in [6.07, 6.45) is 0. The summed E-state index contributed by atoms with van der Waals surface area (Å²) in [5, 5.41) is 0. The van der Waals surface area contributed by atoms with Gasteiger partial charge in [0.05, 0.1) is 5.70 Å². The second kappa shape index (κ2) is 7.54. The van der Waals surface area contributed by atoms with Crippen LogP contribution in [0.1, 0.15) is 25.0 Å². The van der Waals surface area contributed by atoms with E-state index in [2.05, 4.69) is 0 Å². The van der Waals surface area contributed by atoms with Gasteiger partial charge in [0.1, 0.15) is 5.57 Å². The van der Waals surface area contributed by atoms with Crippen LogP contribution < -0.4 is 4.90 Å². The van der Waals surface area contributed by atoms with E-state index >= 15 is 0 Å². The third-order valence-corrected chi connectivity index (χ3v) is 5.53. The molecule has 0 aromatic heterocycles. The Kier molecular flexibility index (Phi) is 4.67. The van der Waals surface area contributed by atoms with Gasteiger partial charge in [-0.05, 0) is 37.1 Å². The fraction of sp³-hybridized carbons (Fsp3) is 0.111. The smallest absolute Gasteiger partial charge is 0.383 e. The quantitative estimate of drug-likeness (QED) is 0.430. The van der Waals surface area contributed by atoms with Gasteiger partial charge >= 0.3 is 11.8 Å². The SMILES string of the molecule is CC(C)=C1OC2(c3ccccc3)OC(=O)C(=O)C2=C(c2ccccc2)N1c1ccccc1. The number of esters is 1. The van der Waals surface area contributed by atoms with Crippen LogP contribution in [0.4, 0.5) is 5.69 Å². The average molecular weight is 423 g/mol. The molecule has 3 aromatic carbocycles. The number of hydrogen-bond acceptors (Lipinski definition) is 5. The van der Waals surface area contributed by atoms with Crippen molar-refractivity contribution in [2.24, 2.45) is 0 Å². The van der Waals surface area contributed by atoms with Crippen molar-refractivity contribution in [2.45, 2.75) is 19.6 Å². The summed E-state index contributed by atoms with van der Waals surface area (Å²) >= 11 is 0. The predicted octanol–water partition coefficient (Wildman–Crippen LogP) is 5.16. The molecule has 0 saturated carbocycles. The fourth-order valence-electron chi connectivity index (χ4n) is 4.15. The third kappa shape index (κ3) is 2.94. The highest BCUT2D eigenvalue weighted by Crippen LogP contribution is 2.52. The maximum Gasteiger partial charge on any atom is 0.383 e. The van der Waals surface area contributed by atoms with Crippen molar-refractivity contribution in [1.82, 2.24) is 0 Å². The second-order valence-corrected chi connectivity index (χ2v) is 7.87. The van der Waals surface area contributed by atoms with Crippen LogP contribution in [0.25, 0.3) is 5.70 Å². The van der Waals surface area contributed by atoms with Crippen molar-refractivity contribution in [3.05, 3.63) is 119 Å². The van der Waals surface area contributed by atoms with Crippen molar-refractivity contribution in [3.63, 3.8) is 0 Å². The van der Waals surface area contributed by atoms with Gasteiger partial charge in [0.25, 0.3) is 5.78 Å². The fourth-order valence-corrected chi connectivity index (χ4v) is 4.15. The number of anilines is 1. The number of carbonyl (C=O) groups is 2. The monoisotopic (exact) mass is 423 g/mol. The third-order valence-electron chi connectivity index (χ3n) is 5.53. The molecule has 5 nitrogen and oxygen atoms in total. The first-order valence-electron chi connectivity index (χ1n) is 10.4. The molecular weight excluding hydrogens is 402 g/mol. The number of Topliss-reactive ketones (excluding diaryl/α,β-unsaturated/α-hetero) is 1. The van der Waals surface area contributed by atoms with Crippen LogP contribution in [0, 0.1) is 0 Å². The standard InChI is InChI=1S/C27H21NO4/c1-18(2)25-28(21-16-10-5-11-17-21)23(19-12-6-3-7-13-19)22-24(29)26(30)32-27(22,31-25)20-14-8-4-9-15-20/h3-17H,1-2H3. The van der Waals surface area contributed by atoms with Gasteiger partial charge < -0.3 is 9.47 Å². The van der Waals surface area contributed by atoms with Crippen molar-refractivity contribution in [1.29, 1.82) is 0 Å². The van der Waals surface area contributed by atoms with Gasteiger partial charge in [0, 0.05) is 11.3 Å². The molecule has 158 valence electrons. The predicted molar refractivity (Wildman–Crippen MR) is 121 cm³/mol. The Morgan fingerprint density at radius 1 is 0.750 bits per heavy atom. The Bertz CT molecular complexity index is 1260. The van der Waals surface area contributed by atoms with E-state index in [1.165, 1.54) is 0 Å². The highest BCUT2D eigenvalue weighted by Gasteiger charge is 2.60. The number of ether oxygens (including phenoxy) is 2. The molecule has 3 aromatic rings. The normalized spacial score (nSPS) is 20.1. The second-order valence-electron chi connectivity index (χ2n) is 7.87. The number of carbonyl (C=O) groups excluding carboxylic acids is 2. The minimum Gasteiger partial charge on any atom is -0.428 e. The maximum absolute atomic E-state index is 13.3. The van der Waals surface area contributed by atoms with Crippen molar-refractivity contribution < 1.29 is 19.1 Å². The molecule has 1 unspecified atom stereocenters. The Balaban J connectivity index is 1.92. The molecule has 0 aliphatic carbocycles. The molecule has 0 N–H and O–H groups in total. The Labute approximate surface area is 186 Å². The molecule has 1 atom stereocenters. The number of rotatable bonds is 3. The minimum atomic E-state index is -1.65. The average Bonchev–Trinajstić information content (AvgIpc) is 3.10. The zero-order valence-corrected chi connectivity index (χ0v) is 17.7. The molecule has 1 saturated heterocycles. The molecule has 2 heterocycles. The molecule has 32 heavy (non-hydrogen) atoms. The van der Waals surface area contributed by atoms with Gasteiger partial charge in [0.15, 0.2) is 0 Å². The van der Waals surface area contributed by atoms with E-state index in [-0.39, 0.29) is 5.57 Å². The number of para-hydroxylation sites is 1. The molecule has 0 spiro atoms. The number of hydrogen-bond donors (Lipinski definition) is 0. The van der Waals surface area contributed by atoms with Crippen LogP contribution in [-0.2, 0) is 24.8 Å². The molecule has 0 amide bonds. The summed E-state index contributed by atoms with van der Waals surface area (Å²) in [4.78, 5) is 27.9. The van der Waals surface area contributed by atoms with Gasteiger partial charge in [-0.15, -0.1) is 0 Å². The first kappa shape index (κ1) is 19.8. The van der Waals surface area contributed by atoms with Crippen LogP contribution >= 0.6 is 0 Å². The van der Waals surface area contributed by atoms with Crippen molar-refractivity contribution >= 4 is 23.1 Å². The van der Waals surface area contributed by atoms with Crippen LogP contribution in [0.3, 0.4) is 0 Å². The van der Waals surface area contributed by atoms with Gasteiger partial charge in [-0.1, -0.05) is 78.9 Å². The molecular formula is C27H21NO4. The summed E-state index contributed by atoms with van der Waals surface area (Å²) in [5.74, 6) is -2.79. The van der Waals surface area contributed by atoms with Gasteiger partial charge in [-0.3, -0.25) is 9.69 Å². The summed E-state index contributed by atoms with van der Waals surface area (Å²) < 4.78 is 12.2. The number of fused-ring (bicyclic) bond motifs is 1. The van der Waals surface area contributed by atoms with E-state index in [0.29, 0.717) is 17.1 Å². The van der Waals surface area contributed by atoms with Gasteiger partial charge in [0.2, 0.25) is 5.88 Å². The summed E-state index contributed by atoms with van der Waals surface area (Å²) in [6.45, 7) is 3.85. The Hall–Kier alpha value is -4.12. The minimum absolute atomic E-state index is 0.175. The number of nitrogens with zero attached hydrogens (tertiary/aromatic N) is 1. The van der Waals surface area contributed by atoms with E-state index in [1.54, 1.807) is 12.1 Å². The van der Waals surface area contributed by atoms with Gasteiger partial charge in [-0.25, -0.2) is 4.79 Å². The zero-order chi connectivity index (χ0) is 22.3. The topological polar surface area (TPSA) is 55.8 Å². The van der Waals surface area contributed by atoms with Crippen LogP contribution in [0.5, 0.6) is 0 Å². The molecule has 2 aliphatic heterocycles. The summed E-state index contributed by atoms with van der Waals surface area (Å²) in [5.41, 5.74) is 3.78. The lowest BCUT2D eigenvalue weighted by Gasteiger charge is -2.42. The highest BCUT2D eigenvalue weighted by molar-refractivity contribution is 6.45. The van der Waals surface area contributed by atoms with Crippen molar-refractivity contribution in [3.8, 4) is 0 Å². The Morgan fingerprint density at radius 2 is 1.31 bits per heavy atom. The molecule has 2 aliphatic rings. The lowest BCUT2D eigenvalue weighted by atomic mass is 9.89. The first-order valence-corrected chi connectivity index (χ1v) is 10.4. The molecule has 0 radical (unpaired) electrons. The van der Waals surface area contributed by atoms with E-state index in [9.17, 15) is 9.59 Å². The van der Waals surface area contributed by atoms with E-state index in [1.807, 2.05) is 97.6 Å². The molecule has 5 heteroatoms. The molecule has 1 fully saturated rings.